The molecule has 1 aliphatic heterocycles. The van der Waals surface area contributed by atoms with Crippen molar-refractivity contribution in [2.45, 2.75) is 44.3 Å². The second-order valence-electron chi connectivity index (χ2n) is 6.21. The second kappa shape index (κ2) is 7.44. The molecule has 130 valence electrons. The molecule has 2 heterocycles. The Morgan fingerprint density at radius 1 is 1.21 bits per heavy atom. The van der Waals surface area contributed by atoms with Gasteiger partial charge in [-0.05, 0) is 24.8 Å². The summed E-state index contributed by atoms with van der Waals surface area (Å²) in [7, 11) is -3.28. The Balaban J connectivity index is 1.59. The number of aromatic nitrogens is 2. The van der Waals surface area contributed by atoms with Gasteiger partial charge in [0.2, 0.25) is 15.9 Å². The molecule has 1 aromatic heterocycles. The van der Waals surface area contributed by atoms with E-state index in [1.807, 2.05) is 30.3 Å². The van der Waals surface area contributed by atoms with Crippen molar-refractivity contribution in [1.82, 2.24) is 14.4 Å². The van der Waals surface area contributed by atoms with Crippen molar-refractivity contribution in [1.29, 1.82) is 0 Å². The van der Waals surface area contributed by atoms with Crippen molar-refractivity contribution in [2.24, 2.45) is 0 Å². The van der Waals surface area contributed by atoms with Crippen LogP contribution in [0.3, 0.4) is 0 Å². The zero-order valence-corrected chi connectivity index (χ0v) is 14.7. The summed E-state index contributed by atoms with van der Waals surface area (Å²) in [6.07, 6.45) is 3.24. The van der Waals surface area contributed by atoms with Gasteiger partial charge in [-0.15, -0.1) is 0 Å². The Hall–Kier alpha value is -1.73. The maximum atomic E-state index is 12.6. The molecule has 7 heteroatoms. The highest BCUT2D eigenvalue weighted by molar-refractivity contribution is 7.88. The highest BCUT2D eigenvalue weighted by Crippen LogP contribution is 2.28. The fourth-order valence-electron chi connectivity index (χ4n) is 3.02. The van der Waals surface area contributed by atoms with Crippen molar-refractivity contribution in [3.63, 3.8) is 0 Å². The molecular formula is C17H23N3O3S. The molecule has 0 radical (unpaired) electrons. The summed E-state index contributed by atoms with van der Waals surface area (Å²) in [5, 5.41) is 3.99. The van der Waals surface area contributed by atoms with E-state index in [-0.39, 0.29) is 11.7 Å². The molecule has 0 amide bonds. The Labute approximate surface area is 142 Å². The third-order valence-corrected chi connectivity index (χ3v) is 6.20. The Morgan fingerprint density at radius 3 is 2.58 bits per heavy atom. The van der Waals surface area contributed by atoms with Crippen LogP contribution >= 0.6 is 0 Å². The first-order valence-electron chi connectivity index (χ1n) is 8.42. The summed E-state index contributed by atoms with van der Waals surface area (Å²) in [5.74, 6) is 1.61. The van der Waals surface area contributed by atoms with E-state index in [4.69, 9.17) is 4.52 Å². The predicted octanol–water partition coefficient (Wildman–Crippen LogP) is 2.73. The molecule has 0 N–H and O–H groups in total. The molecule has 6 nitrogen and oxygen atoms in total. The minimum absolute atomic E-state index is 0.0553. The molecule has 0 saturated carbocycles. The summed E-state index contributed by atoms with van der Waals surface area (Å²) in [6.45, 7) is 3.09. The first kappa shape index (κ1) is 17.1. The standard InChI is InChI=1S/C17H23N3O3S/c1-2-6-16-18-17(23-19-16)15-9-11-20(12-10-15)24(21,22)13-14-7-4-3-5-8-14/h3-5,7-8,15H,2,6,9-13H2,1H3. The topological polar surface area (TPSA) is 76.3 Å². The van der Waals surface area contributed by atoms with Crippen LogP contribution in [0.5, 0.6) is 0 Å². The van der Waals surface area contributed by atoms with E-state index in [0.29, 0.717) is 19.0 Å². The van der Waals surface area contributed by atoms with Gasteiger partial charge in [0.15, 0.2) is 5.82 Å². The van der Waals surface area contributed by atoms with E-state index >= 15 is 0 Å². The van der Waals surface area contributed by atoms with Crippen LogP contribution in [-0.2, 0) is 22.2 Å². The highest BCUT2D eigenvalue weighted by atomic mass is 32.2. The van der Waals surface area contributed by atoms with E-state index in [0.717, 1.165) is 37.1 Å². The Morgan fingerprint density at radius 2 is 1.92 bits per heavy atom. The number of piperidine rings is 1. The van der Waals surface area contributed by atoms with Gasteiger partial charge in [-0.2, -0.15) is 4.98 Å². The van der Waals surface area contributed by atoms with Gasteiger partial charge in [0.1, 0.15) is 0 Å². The molecule has 3 rings (SSSR count). The van der Waals surface area contributed by atoms with Crippen LogP contribution in [0.25, 0.3) is 0 Å². The molecular weight excluding hydrogens is 326 g/mol. The smallest absolute Gasteiger partial charge is 0.229 e. The van der Waals surface area contributed by atoms with E-state index in [9.17, 15) is 8.42 Å². The number of hydrogen-bond acceptors (Lipinski definition) is 5. The lowest BCUT2D eigenvalue weighted by Gasteiger charge is -2.29. The maximum absolute atomic E-state index is 12.6. The number of benzene rings is 1. The molecule has 24 heavy (non-hydrogen) atoms. The average Bonchev–Trinajstić information content (AvgIpc) is 3.05. The molecule has 0 spiro atoms. The fraction of sp³-hybridized carbons (Fsp3) is 0.529. The summed E-state index contributed by atoms with van der Waals surface area (Å²) in [4.78, 5) is 4.43. The van der Waals surface area contributed by atoms with Gasteiger partial charge in [0.05, 0.1) is 5.75 Å². The van der Waals surface area contributed by atoms with Gasteiger partial charge in [0, 0.05) is 25.4 Å². The SMILES string of the molecule is CCCc1noc(C2CCN(S(=O)(=O)Cc3ccccc3)CC2)n1. The second-order valence-corrected chi connectivity index (χ2v) is 8.18. The minimum atomic E-state index is -3.28. The third-order valence-electron chi connectivity index (χ3n) is 4.35. The van der Waals surface area contributed by atoms with E-state index in [1.54, 1.807) is 4.31 Å². The largest absolute Gasteiger partial charge is 0.339 e. The molecule has 1 aromatic carbocycles. The lowest BCUT2D eigenvalue weighted by atomic mass is 9.98. The van der Waals surface area contributed by atoms with Gasteiger partial charge in [-0.3, -0.25) is 0 Å². The van der Waals surface area contributed by atoms with E-state index < -0.39 is 10.0 Å². The normalized spacial score (nSPS) is 17.2. The highest BCUT2D eigenvalue weighted by Gasteiger charge is 2.31. The summed E-state index contributed by atoms with van der Waals surface area (Å²) >= 11 is 0. The first-order valence-corrected chi connectivity index (χ1v) is 10.0. The van der Waals surface area contributed by atoms with Gasteiger partial charge < -0.3 is 4.52 Å². The van der Waals surface area contributed by atoms with Crippen molar-refractivity contribution in [2.75, 3.05) is 13.1 Å². The van der Waals surface area contributed by atoms with Crippen LogP contribution in [0.1, 0.15) is 49.4 Å². The number of sulfonamides is 1. The van der Waals surface area contributed by atoms with E-state index in [1.165, 1.54) is 0 Å². The molecule has 1 fully saturated rings. The van der Waals surface area contributed by atoms with Crippen molar-refractivity contribution < 1.29 is 12.9 Å². The van der Waals surface area contributed by atoms with E-state index in [2.05, 4.69) is 17.1 Å². The predicted molar refractivity (Wildman–Crippen MR) is 90.9 cm³/mol. The molecule has 0 unspecified atom stereocenters. The minimum Gasteiger partial charge on any atom is -0.339 e. The molecule has 1 saturated heterocycles. The molecule has 2 aromatic rings. The summed E-state index contributed by atoms with van der Waals surface area (Å²) in [6, 6.07) is 9.30. The number of rotatable bonds is 6. The maximum Gasteiger partial charge on any atom is 0.229 e. The Kier molecular flexibility index (Phi) is 5.30. The molecule has 1 aliphatic rings. The number of aryl methyl sites for hydroxylation is 1. The summed E-state index contributed by atoms with van der Waals surface area (Å²) < 4.78 is 32.1. The molecule has 0 atom stereocenters. The van der Waals surface area contributed by atoms with Crippen LogP contribution in [-0.4, -0.2) is 36.0 Å². The molecule has 0 aliphatic carbocycles. The van der Waals surface area contributed by atoms with Crippen LogP contribution in [0.2, 0.25) is 0 Å². The van der Waals surface area contributed by atoms with Crippen molar-refractivity contribution in [3.05, 3.63) is 47.6 Å². The number of nitrogens with zero attached hydrogens (tertiary/aromatic N) is 3. The zero-order chi connectivity index (χ0) is 17.0. The Bertz CT molecular complexity index is 750. The first-order chi connectivity index (χ1) is 11.6. The zero-order valence-electron chi connectivity index (χ0n) is 13.9. The van der Waals surface area contributed by atoms with Gasteiger partial charge in [-0.25, -0.2) is 12.7 Å². The van der Waals surface area contributed by atoms with Crippen LogP contribution in [0.4, 0.5) is 0 Å². The van der Waals surface area contributed by atoms with Crippen LogP contribution < -0.4 is 0 Å². The third kappa shape index (κ3) is 4.02. The monoisotopic (exact) mass is 349 g/mol. The van der Waals surface area contributed by atoms with Gasteiger partial charge >= 0.3 is 0 Å². The average molecular weight is 349 g/mol. The summed E-state index contributed by atoms with van der Waals surface area (Å²) in [5.41, 5.74) is 0.820. The van der Waals surface area contributed by atoms with Gasteiger partial charge in [0.25, 0.3) is 0 Å². The van der Waals surface area contributed by atoms with Crippen molar-refractivity contribution >= 4 is 10.0 Å². The van der Waals surface area contributed by atoms with Crippen LogP contribution in [0.15, 0.2) is 34.9 Å². The van der Waals surface area contributed by atoms with Crippen molar-refractivity contribution in [3.8, 4) is 0 Å². The van der Waals surface area contributed by atoms with Crippen LogP contribution in [0, 0.1) is 0 Å². The lowest BCUT2D eigenvalue weighted by molar-refractivity contribution is 0.270. The fourth-order valence-corrected chi connectivity index (χ4v) is 4.58. The quantitative estimate of drug-likeness (QED) is 0.801. The van der Waals surface area contributed by atoms with Gasteiger partial charge in [-0.1, -0.05) is 42.4 Å². The molecule has 0 bridgehead atoms. The lowest BCUT2D eigenvalue weighted by Crippen LogP contribution is -2.38. The number of hydrogen-bond donors (Lipinski definition) is 0.